The molecule has 174 valence electrons. The van der Waals surface area contributed by atoms with Crippen LogP contribution in [0.2, 0.25) is 0 Å². The molecule has 0 aliphatic rings. The molecule has 2 atom stereocenters. The van der Waals surface area contributed by atoms with Gasteiger partial charge in [0.05, 0.1) is 31.1 Å². The summed E-state index contributed by atoms with van der Waals surface area (Å²) >= 11 is 0. The number of nitrogens with zero attached hydrogens (tertiary/aromatic N) is 1. The van der Waals surface area contributed by atoms with Gasteiger partial charge in [0.2, 0.25) is 0 Å². The van der Waals surface area contributed by atoms with Crippen LogP contribution in [-0.2, 0) is 35.2 Å². The van der Waals surface area contributed by atoms with Crippen molar-refractivity contribution in [2.75, 3.05) is 20.3 Å². The molecule has 2 aromatic rings. The van der Waals surface area contributed by atoms with E-state index >= 15 is 0 Å². The number of carboxylic acids is 1. The summed E-state index contributed by atoms with van der Waals surface area (Å²) in [5.74, 6) is -1.99. The number of hydrogen-bond acceptors (Lipinski definition) is 8. The Morgan fingerprint density at radius 1 is 1.06 bits per heavy atom. The number of esters is 1. The maximum atomic E-state index is 12.3. The van der Waals surface area contributed by atoms with Gasteiger partial charge in [0, 0.05) is 13.1 Å². The van der Waals surface area contributed by atoms with Gasteiger partial charge in [-0.1, -0.05) is 48.0 Å². The molecule has 0 bridgehead atoms. The van der Waals surface area contributed by atoms with Crippen LogP contribution in [0.25, 0.3) is 0 Å². The molecule has 9 nitrogen and oxygen atoms in total. The molecule has 0 aromatic heterocycles. The molecule has 2 aromatic carbocycles. The van der Waals surface area contributed by atoms with Crippen LogP contribution in [0.1, 0.15) is 17.5 Å². The standard InChI is InChI=1S/C22H27NO8S/c1-16-8-10-19(11-9-16)32(28,29)31-15-18(24)14-23(13-17-6-4-3-5-7-17)20(22(26)27)12-21(25)30-2/h3-11,18,20,24H,12-15H2,1-2H3,(H,26,27)/t18-,20-/m0/s1. The van der Waals surface area contributed by atoms with E-state index in [0.29, 0.717) is 0 Å². The van der Waals surface area contributed by atoms with Crippen molar-refractivity contribution >= 4 is 22.1 Å². The number of aryl methyl sites for hydroxylation is 1. The first-order chi connectivity index (χ1) is 15.1. The van der Waals surface area contributed by atoms with Crippen molar-refractivity contribution in [3.05, 3.63) is 65.7 Å². The van der Waals surface area contributed by atoms with E-state index in [1.807, 2.05) is 6.92 Å². The summed E-state index contributed by atoms with van der Waals surface area (Å²) in [5.41, 5.74) is 1.63. The van der Waals surface area contributed by atoms with E-state index in [9.17, 15) is 28.2 Å². The number of carbonyl (C=O) groups is 2. The third-order valence-electron chi connectivity index (χ3n) is 4.71. The average molecular weight is 466 g/mol. The fourth-order valence-corrected chi connectivity index (χ4v) is 3.94. The van der Waals surface area contributed by atoms with Crippen molar-refractivity contribution in [3.8, 4) is 0 Å². The summed E-state index contributed by atoms with van der Waals surface area (Å²) in [6.07, 6.45) is -1.77. The Morgan fingerprint density at radius 3 is 2.25 bits per heavy atom. The lowest BCUT2D eigenvalue weighted by atomic mass is 10.1. The Bertz CT molecular complexity index is 992. The highest BCUT2D eigenvalue weighted by atomic mass is 32.2. The predicted molar refractivity (Wildman–Crippen MR) is 115 cm³/mol. The first-order valence-electron chi connectivity index (χ1n) is 9.84. The SMILES string of the molecule is COC(=O)C[C@@H](C(=O)O)N(Cc1ccccc1)C[C@H](O)COS(=O)(=O)c1ccc(C)cc1. The number of aliphatic hydroxyl groups excluding tert-OH is 1. The molecule has 0 spiro atoms. The molecule has 0 saturated carbocycles. The van der Waals surface area contributed by atoms with Gasteiger partial charge < -0.3 is 14.9 Å². The lowest BCUT2D eigenvalue weighted by molar-refractivity contribution is -0.152. The van der Waals surface area contributed by atoms with Gasteiger partial charge in [-0.25, -0.2) is 0 Å². The number of ether oxygens (including phenoxy) is 1. The minimum atomic E-state index is -4.10. The van der Waals surface area contributed by atoms with E-state index in [1.54, 1.807) is 42.5 Å². The first kappa shape index (κ1) is 25.5. The Morgan fingerprint density at radius 2 is 1.69 bits per heavy atom. The quantitative estimate of drug-likeness (QED) is 0.354. The zero-order valence-corrected chi connectivity index (χ0v) is 18.7. The van der Waals surface area contributed by atoms with Gasteiger partial charge in [-0.3, -0.25) is 18.7 Å². The molecule has 2 N–H and O–H groups in total. The maximum absolute atomic E-state index is 12.3. The van der Waals surface area contributed by atoms with Crippen molar-refractivity contribution < 1.29 is 37.1 Å². The monoisotopic (exact) mass is 465 g/mol. The van der Waals surface area contributed by atoms with Gasteiger partial charge in [0.25, 0.3) is 10.1 Å². The van der Waals surface area contributed by atoms with Crippen LogP contribution in [0.3, 0.4) is 0 Å². The van der Waals surface area contributed by atoms with Crippen LogP contribution in [0.15, 0.2) is 59.5 Å². The number of aliphatic carboxylic acids is 1. The molecular weight excluding hydrogens is 438 g/mol. The third-order valence-corrected chi connectivity index (χ3v) is 6.01. The largest absolute Gasteiger partial charge is 0.480 e. The third kappa shape index (κ3) is 7.72. The van der Waals surface area contributed by atoms with Gasteiger partial charge in [0.1, 0.15) is 6.04 Å². The summed E-state index contributed by atoms with van der Waals surface area (Å²) in [7, 11) is -2.94. The van der Waals surface area contributed by atoms with Gasteiger partial charge in [0.15, 0.2) is 0 Å². The minimum Gasteiger partial charge on any atom is -0.480 e. The van der Waals surface area contributed by atoms with Crippen LogP contribution in [0.4, 0.5) is 0 Å². The molecule has 0 fully saturated rings. The summed E-state index contributed by atoms with van der Waals surface area (Å²) in [4.78, 5) is 24.9. The molecule has 2 rings (SSSR count). The van der Waals surface area contributed by atoms with Gasteiger partial charge in [-0.2, -0.15) is 8.42 Å². The van der Waals surface area contributed by atoms with E-state index in [0.717, 1.165) is 18.2 Å². The summed E-state index contributed by atoms with van der Waals surface area (Å²) in [6.45, 7) is 1.10. The lowest BCUT2D eigenvalue weighted by Gasteiger charge is -2.30. The second kappa shape index (κ2) is 11.7. The Kier molecular flexibility index (Phi) is 9.33. The van der Waals surface area contributed by atoms with E-state index in [2.05, 4.69) is 4.74 Å². The average Bonchev–Trinajstić information content (AvgIpc) is 2.76. The van der Waals surface area contributed by atoms with E-state index in [-0.39, 0.29) is 18.0 Å². The van der Waals surface area contributed by atoms with Gasteiger partial charge in [-0.15, -0.1) is 0 Å². The highest BCUT2D eigenvalue weighted by Gasteiger charge is 2.31. The van der Waals surface area contributed by atoms with Crippen LogP contribution in [0.5, 0.6) is 0 Å². The van der Waals surface area contributed by atoms with Crippen molar-refractivity contribution in [1.82, 2.24) is 4.90 Å². The van der Waals surface area contributed by atoms with Crippen LogP contribution in [0, 0.1) is 6.92 Å². The molecule has 0 radical (unpaired) electrons. The number of carbonyl (C=O) groups excluding carboxylic acids is 1. The molecule has 10 heteroatoms. The number of benzene rings is 2. The molecular formula is C22H27NO8S. The minimum absolute atomic E-state index is 0.0504. The Labute approximate surface area is 187 Å². The van der Waals surface area contributed by atoms with Crippen LogP contribution in [-0.4, -0.2) is 67.9 Å². The predicted octanol–water partition coefficient (Wildman–Crippen LogP) is 1.58. The van der Waals surface area contributed by atoms with Crippen molar-refractivity contribution in [2.45, 2.75) is 36.9 Å². The Hall–Kier alpha value is -2.79. The number of methoxy groups -OCH3 is 1. The molecule has 0 aliphatic heterocycles. The smallest absolute Gasteiger partial charge is 0.321 e. The normalized spacial score (nSPS) is 13.5. The fourth-order valence-electron chi connectivity index (χ4n) is 3.00. The van der Waals surface area contributed by atoms with Crippen LogP contribution < -0.4 is 0 Å². The lowest BCUT2D eigenvalue weighted by Crippen LogP contribution is -2.46. The zero-order valence-electron chi connectivity index (χ0n) is 17.9. The summed E-state index contributed by atoms with van der Waals surface area (Å²) in [5, 5.41) is 20.1. The highest BCUT2D eigenvalue weighted by Crippen LogP contribution is 2.16. The molecule has 0 aliphatic carbocycles. The van der Waals surface area contributed by atoms with E-state index in [4.69, 9.17) is 4.18 Å². The van der Waals surface area contributed by atoms with Crippen molar-refractivity contribution in [3.63, 3.8) is 0 Å². The van der Waals surface area contributed by atoms with Crippen LogP contribution >= 0.6 is 0 Å². The highest BCUT2D eigenvalue weighted by molar-refractivity contribution is 7.86. The molecule has 32 heavy (non-hydrogen) atoms. The number of rotatable bonds is 12. The van der Waals surface area contributed by atoms with Gasteiger partial charge >= 0.3 is 11.9 Å². The molecule has 0 amide bonds. The zero-order chi connectivity index (χ0) is 23.7. The molecule has 0 heterocycles. The summed E-state index contributed by atoms with van der Waals surface area (Å²) < 4.78 is 34.3. The number of carboxylic acid groups (broad SMARTS) is 1. The Balaban J connectivity index is 2.13. The van der Waals surface area contributed by atoms with Gasteiger partial charge in [-0.05, 0) is 24.6 Å². The maximum Gasteiger partial charge on any atom is 0.321 e. The number of hydrogen-bond donors (Lipinski definition) is 2. The second-order valence-electron chi connectivity index (χ2n) is 7.25. The van der Waals surface area contributed by atoms with Crippen molar-refractivity contribution in [2.24, 2.45) is 0 Å². The van der Waals surface area contributed by atoms with E-state index < -0.39 is 47.2 Å². The molecule has 0 unspecified atom stereocenters. The number of aliphatic hydroxyl groups is 1. The fraction of sp³-hybridized carbons (Fsp3) is 0.364. The first-order valence-corrected chi connectivity index (χ1v) is 11.2. The summed E-state index contributed by atoms with van der Waals surface area (Å²) in [6, 6.07) is 13.7. The topological polar surface area (TPSA) is 130 Å². The van der Waals surface area contributed by atoms with Crippen molar-refractivity contribution in [1.29, 1.82) is 0 Å². The molecule has 0 saturated heterocycles. The second-order valence-corrected chi connectivity index (χ2v) is 8.87. The van der Waals surface area contributed by atoms with E-state index in [1.165, 1.54) is 17.0 Å².